The van der Waals surface area contributed by atoms with Crippen molar-refractivity contribution in [1.82, 2.24) is 15.1 Å². The van der Waals surface area contributed by atoms with Gasteiger partial charge in [0.25, 0.3) is 5.91 Å². The summed E-state index contributed by atoms with van der Waals surface area (Å²) in [6, 6.07) is 14.9. The second kappa shape index (κ2) is 9.17. The number of thioether (sulfide) groups is 1. The molecular weight excluding hydrogens is 448 g/mol. The van der Waals surface area contributed by atoms with Crippen LogP contribution in [-0.4, -0.2) is 46.0 Å². The van der Waals surface area contributed by atoms with Gasteiger partial charge < -0.3 is 19.7 Å². The first-order valence-electron chi connectivity index (χ1n) is 10.2. The predicted molar refractivity (Wildman–Crippen MR) is 121 cm³/mol. The molecule has 0 aliphatic carbocycles. The lowest BCUT2D eigenvalue weighted by Gasteiger charge is -2.22. The Balaban J connectivity index is 1.23. The molecule has 0 radical (unpaired) electrons. The van der Waals surface area contributed by atoms with Gasteiger partial charge in [0.05, 0.1) is 11.8 Å². The van der Waals surface area contributed by atoms with Crippen molar-refractivity contribution in [2.24, 2.45) is 0 Å². The molecule has 3 aromatic rings. The fourth-order valence-corrected chi connectivity index (χ4v) is 5.38. The Hall–Kier alpha value is -3.11. The number of aromatic nitrogens is 2. The van der Waals surface area contributed by atoms with Crippen LogP contribution >= 0.6 is 23.1 Å². The molecule has 5 rings (SSSR count). The Morgan fingerprint density at radius 3 is 2.84 bits per heavy atom. The zero-order chi connectivity index (χ0) is 21.9. The molecule has 3 heterocycles. The monoisotopic (exact) mass is 468 g/mol. The number of ether oxygens (including phenoxy) is 2. The van der Waals surface area contributed by atoms with Gasteiger partial charge in [0, 0.05) is 23.2 Å². The summed E-state index contributed by atoms with van der Waals surface area (Å²) in [7, 11) is 0. The smallest absolute Gasteiger partial charge is 0.286 e. The van der Waals surface area contributed by atoms with E-state index in [2.05, 4.69) is 15.5 Å². The molecule has 10 heteroatoms. The van der Waals surface area contributed by atoms with Gasteiger partial charge in [-0.05, 0) is 37.1 Å². The van der Waals surface area contributed by atoms with E-state index in [-0.39, 0.29) is 29.7 Å². The van der Waals surface area contributed by atoms with Crippen LogP contribution in [0.1, 0.15) is 33.7 Å². The van der Waals surface area contributed by atoms with E-state index in [1.54, 1.807) is 18.2 Å². The first kappa shape index (κ1) is 20.8. The predicted octanol–water partition coefficient (Wildman–Crippen LogP) is 3.97. The van der Waals surface area contributed by atoms with E-state index in [4.69, 9.17) is 9.47 Å². The first-order valence-corrected chi connectivity index (χ1v) is 12.0. The third kappa shape index (κ3) is 4.42. The van der Waals surface area contributed by atoms with Crippen LogP contribution in [0.25, 0.3) is 0 Å². The molecule has 1 aromatic heterocycles. The van der Waals surface area contributed by atoms with Crippen molar-refractivity contribution in [2.45, 2.75) is 23.8 Å². The topological polar surface area (TPSA) is 93.7 Å². The normalized spacial score (nSPS) is 16.9. The number of anilines is 1. The lowest BCUT2D eigenvalue weighted by atomic mass is 10.2. The van der Waals surface area contributed by atoms with Crippen LogP contribution in [0, 0.1) is 0 Å². The van der Waals surface area contributed by atoms with Crippen molar-refractivity contribution in [3.8, 4) is 11.5 Å². The number of benzene rings is 2. The molecule has 2 amide bonds. The van der Waals surface area contributed by atoms with Gasteiger partial charge in [-0.25, -0.2) is 0 Å². The van der Waals surface area contributed by atoms with Gasteiger partial charge in [-0.15, -0.1) is 22.0 Å². The molecule has 1 fully saturated rings. The number of carbonyl (C=O) groups excluding carboxylic acids is 2. The second-order valence-corrected chi connectivity index (χ2v) is 9.37. The molecule has 1 N–H and O–H groups in total. The second-order valence-electron chi connectivity index (χ2n) is 7.31. The van der Waals surface area contributed by atoms with Crippen LogP contribution in [0.5, 0.6) is 11.5 Å². The van der Waals surface area contributed by atoms with Crippen LogP contribution < -0.4 is 14.8 Å². The lowest BCUT2D eigenvalue weighted by Crippen LogP contribution is -2.31. The number of fused-ring (bicyclic) bond motifs is 1. The molecule has 0 bridgehead atoms. The van der Waals surface area contributed by atoms with Gasteiger partial charge in [-0.2, -0.15) is 0 Å². The van der Waals surface area contributed by atoms with Crippen molar-refractivity contribution in [3.63, 3.8) is 0 Å². The lowest BCUT2D eigenvalue weighted by molar-refractivity contribution is -0.129. The molecule has 0 saturated carbocycles. The van der Waals surface area contributed by atoms with Crippen molar-refractivity contribution in [3.05, 3.63) is 58.5 Å². The average molecular weight is 469 g/mol. The highest BCUT2D eigenvalue weighted by Crippen LogP contribution is 2.36. The van der Waals surface area contributed by atoms with Crippen LogP contribution in [0.15, 0.2) is 53.4 Å². The number of carbonyl (C=O) groups is 2. The van der Waals surface area contributed by atoms with E-state index in [9.17, 15) is 9.59 Å². The third-order valence-corrected chi connectivity index (χ3v) is 7.25. The number of hydrogen-bond donors (Lipinski definition) is 1. The molecule has 0 spiro atoms. The van der Waals surface area contributed by atoms with Crippen molar-refractivity contribution >= 4 is 40.6 Å². The number of nitrogens with one attached hydrogen (secondary N) is 1. The van der Waals surface area contributed by atoms with Crippen LogP contribution in [0.4, 0.5) is 5.69 Å². The standard InChI is InChI=1S/C22H20N4O4S2/c27-19(12-31-15-5-2-1-3-6-15)26-10-4-7-16(26)21-24-25-22(32-21)20(28)23-14-8-9-17-18(11-14)30-13-29-17/h1-3,5-6,8-9,11,16H,4,7,10,12-13H2,(H,23,28). The maximum atomic E-state index is 12.8. The van der Waals surface area contributed by atoms with Gasteiger partial charge >= 0.3 is 0 Å². The van der Waals surface area contributed by atoms with Gasteiger partial charge in [0.2, 0.25) is 17.7 Å². The molecule has 2 aliphatic heterocycles. The molecule has 1 saturated heterocycles. The van der Waals surface area contributed by atoms with Crippen molar-refractivity contribution in [2.75, 3.05) is 24.4 Å². The summed E-state index contributed by atoms with van der Waals surface area (Å²) in [4.78, 5) is 28.4. The van der Waals surface area contributed by atoms with Gasteiger partial charge in [0.1, 0.15) is 5.01 Å². The minimum Gasteiger partial charge on any atom is -0.454 e. The van der Waals surface area contributed by atoms with Crippen molar-refractivity contribution in [1.29, 1.82) is 0 Å². The van der Waals surface area contributed by atoms with E-state index in [1.807, 2.05) is 35.2 Å². The fourth-order valence-electron chi connectivity index (χ4n) is 3.69. The largest absolute Gasteiger partial charge is 0.454 e. The Morgan fingerprint density at radius 2 is 1.97 bits per heavy atom. The Labute approximate surface area is 192 Å². The van der Waals surface area contributed by atoms with E-state index < -0.39 is 0 Å². The molecule has 2 aliphatic rings. The minimum atomic E-state index is -0.344. The third-order valence-electron chi connectivity index (χ3n) is 5.23. The van der Waals surface area contributed by atoms with Crippen molar-refractivity contribution < 1.29 is 19.1 Å². The summed E-state index contributed by atoms with van der Waals surface area (Å²) in [6.07, 6.45) is 1.73. The average Bonchev–Trinajstić information content (AvgIpc) is 3.57. The van der Waals surface area contributed by atoms with Crippen LogP contribution in [-0.2, 0) is 4.79 Å². The van der Waals surface area contributed by atoms with Crippen LogP contribution in [0.3, 0.4) is 0 Å². The Morgan fingerprint density at radius 1 is 1.12 bits per heavy atom. The van der Waals surface area contributed by atoms with E-state index in [1.165, 1.54) is 23.1 Å². The zero-order valence-corrected chi connectivity index (χ0v) is 18.7. The van der Waals surface area contributed by atoms with E-state index in [0.29, 0.717) is 34.5 Å². The fraction of sp³-hybridized carbons (Fsp3) is 0.273. The minimum absolute atomic E-state index is 0.0721. The highest BCUT2D eigenvalue weighted by atomic mass is 32.2. The maximum Gasteiger partial charge on any atom is 0.286 e. The Kier molecular flexibility index (Phi) is 5.95. The van der Waals surface area contributed by atoms with Gasteiger partial charge in [-0.3, -0.25) is 9.59 Å². The molecule has 1 atom stereocenters. The summed E-state index contributed by atoms with van der Waals surface area (Å²) in [5.41, 5.74) is 0.589. The highest BCUT2D eigenvalue weighted by Gasteiger charge is 2.33. The zero-order valence-electron chi connectivity index (χ0n) is 17.0. The molecule has 32 heavy (non-hydrogen) atoms. The van der Waals surface area contributed by atoms with Gasteiger partial charge in [0.15, 0.2) is 11.5 Å². The summed E-state index contributed by atoms with van der Waals surface area (Å²) < 4.78 is 10.6. The highest BCUT2D eigenvalue weighted by molar-refractivity contribution is 8.00. The molecular formula is C22H20N4O4S2. The van der Waals surface area contributed by atoms with E-state index in [0.717, 1.165) is 17.7 Å². The van der Waals surface area contributed by atoms with E-state index >= 15 is 0 Å². The number of rotatable bonds is 6. The summed E-state index contributed by atoms with van der Waals surface area (Å²) in [5.74, 6) is 1.34. The summed E-state index contributed by atoms with van der Waals surface area (Å²) in [5, 5.41) is 12.1. The maximum absolute atomic E-state index is 12.8. The first-order chi connectivity index (χ1) is 15.7. The summed E-state index contributed by atoms with van der Waals surface area (Å²) in [6.45, 7) is 0.865. The van der Waals surface area contributed by atoms with Gasteiger partial charge in [-0.1, -0.05) is 29.5 Å². The molecule has 2 aromatic carbocycles. The van der Waals surface area contributed by atoms with Crippen LogP contribution in [0.2, 0.25) is 0 Å². The SMILES string of the molecule is O=C(Nc1ccc2c(c1)OCO2)c1nnc(C2CCCN2C(=O)CSc2ccccc2)s1. The molecule has 8 nitrogen and oxygen atoms in total. The number of nitrogens with zero attached hydrogens (tertiary/aromatic N) is 3. The number of likely N-dealkylation sites (tertiary alicyclic amines) is 1. The summed E-state index contributed by atoms with van der Waals surface area (Å²) >= 11 is 2.75. The molecule has 164 valence electrons. The molecule has 1 unspecified atom stereocenters. The number of hydrogen-bond acceptors (Lipinski definition) is 8. The Bertz CT molecular complexity index is 1140. The number of amides is 2. The quantitative estimate of drug-likeness (QED) is 0.547.